The number of allylic oxidation sites excluding steroid dienone is 3. The van der Waals surface area contributed by atoms with E-state index < -0.39 is 0 Å². The molecule has 3 rings (SSSR count). The molecule has 0 saturated carbocycles. The van der Waals surface area contributed by atoms with Crippen LogP contribution in [0.5, 0.6) is 5.75 Å². The first-order valence-corrected chi connectivity index (χ1v) is 10.8. The fraction of sp³-hybridized carbons (Fsp3) is 0.222. The molecule has 0 spiro atoms. The second-order valence-corrected chi connectivity index (χ2v) is 6.82. The van der Waals surface area contributed by atoms with Crippen LogP contribution in [0.1, 0.15) is 26.3 Å². The Morgan fingerprint density at radius 1 is 1.24 bits per heavy atom. The van der Waals surface area contributed by atoms with Gasteiger partial charge in [-0.25, -0.2) is 0 Å². The first kappa shape index (κ1) is 27.1. The molecule has 1 aliphatic rings. The summed E-state index contributed by atoms with van der Waals surface area (Å²) >= 11 is 0. The van der Waals surface area contributed by atoms with E-state index in [1.165, 1.54) is 17.8 Å². The number of aryl methyl sites for hydroxylation is 2. The number of carbonyl (C=O) groups is 1. The van der Waals surface area contributed by atoms with Gasteiger partial charge in [0.2, 0.25) is 5.91 Å². The van der Waals surface area contributed by atoms with E-state index in [0.717, 1.165) is 11.3 Å². The Morgan fingerprint density at radius 2 is 1.94 bits per heavy atom. The third-order valence-corrected chi connectivity index (χ3v) is 4.62. The second kappa shape index (κ2) is 13.5. The van der Waals surface area contributed by atoms with Gasteiger partial charge in [-0.2, -0.15) is 0 Å². The lowest BCUT2D eigenvalue weighted by Gasteiger charge is -2.24. The molecule has 0 radical (unpaired) electrons. The van der Waals surface area contributed by atoms with Gasteiger partial charge in [0.1, 0.15) is 17.7 Å². The summed E-state index contributed by atoms with van der Waals surface area (Å²) in [6.07, 6.45) is 10.8. The van der Waals surface area contributed by atoms with Crippen LogP contribution < -0.4 is 20.7 Å². The van der Waals surface area contributed by atoms with Crippen LogP contribution in [-0.4, -0.2) is 16.6 Å². The molecule has 6 heteroatoms. The van der Waals surface area contributed by atoms with E-state index in [2.05, 4.69) is 65.9 Å². The Bertz CT molecular complexity index is 1070. The topological polar surface area (TPSA) is 67.3 Å². The number of hydrogen-bond acceptors (Lipinski definition) is 4. The normalized spacial score (nSPS) is 14.4. The monoisotopic (exact) mass is 448 g/mol. The molecular formula is C27H36N4O2. The zero-order chi connectivity index (χ0) is 25.0. The smallest absolute Gasteiger partial charge is 0.221 e. The highest BCUT2D eigenvalue weighted by Crippen LogP contribution is 2.29. The van der Waals surface area contributed by atoms with E-state index in [1.807, 2.05) is 51.5 Å². The second-order valence-electron chi connectivity index (χ2n) is 6.82. The van der Waals surface area contributed by atoms with Gasteiger partial charge in [0, 0.05) is 48.9 Å². The number of aromatic nitrogens is 1. The van der Waals surface area contributed by atoms with Crippen molar-refractivity contribution in [3.05, 3.63) is 104 Å². The third-order valence-electron chi connectivity index (χ3n) is 4.62. The van der Waals surface area contributed by atoms with Crippen molar-refractivity contribution in [1.82, 2.24) is 20.5 Å². The molecule has 6 nitrogen and oxygen atoms in total. The van der Waals surface area contributed by atoms with E-state index in [4.69, 9.17) is 4.74 Å². The first-order chi connectivity index (χ1) is 15.9. The van der Waals surface area contributed by atoms with Gasteiger partial charge in [-0.15, -0.1) is 13.2 Å². The van der Waals surface area contributed by atoms with Crippen molar-refractivity contribution in [2.24, 2.45) is 7.05 Å². The van der Waals surface area contributed by atoms with Crippen LogP contribution in [0, 0.1) is 6.92 Å². The molecule has 176 valence electrons. The third kappa shape index (κ3) is 7.31. The van der Waals surface area contributed by atoms with Crippen LogP contribution >= 0.6 is 0 Å². The molecule has 3 N–H and O–H groups in total. The Morgan fingerprint density at radius 3 is 2.58 bits per heavy atom. The minimum atomic E-state index is -0.243. The lowest BCUT2D eigenvalue weighted by molar-refractivity contribution is -0.118. The fourth-order valence-corrected chi connectivity index (χ4v) is 3.17. The number of amides is 1. The quantitative estimate of drug-likeness (QED) is 0.396. The average Bonchev–Trinajstić information content (AvgIpc) is 3.19. The zero-order valence-electron chi connectivity index (χ0n) is 20.4. The number of nitrogens with zero attached hydrogens (tertiary/aromatic N) is 1. The number of benzene rings is 1. The van der Waals surface area contributed by atoms with Crippen LogP contribution in [0.4, 0.5) is 0 Å². The first-order valence-electron chi connectivity index (χ1n) is 10.8. The van der Waals surface area contributed by atoms with Gasteiger partial charge >= 0.3 is 0 Å². The van der Waals surface area contributed by atoms with E-state index in [0.29, 0.717) is 17.2 Å². The molecule has 1 atom stereocenters. The van der Waals surface area contributed by atoms with E-state index in [9.17, 15) is 4.79 Å². The molecule has 1 aromatic heterocycles. The largest absolute Gasteiger partial charge is 0.457 e. The van der Waals surface area contributed by atoms with Gasteiger partial charge in [0.15, 0.2) is 0 Å². The molecule has 0 bridgehead atoms. The molecule has 2 aromatic rings. The number of nitrogens with one attached hydrogen (secondary N) is 3. The van der Waals surface area contributed by atoms with Crippen molar-refractivity contribution in [1.29, 1.82) is 0 Å². The van der Waals surface area contributed by atoms with E-state index >= 15 is 0 Å². The number of ether oxygens (including phenoxy) is 1. The lowest BCUT2D eigenvalue weighted by Crippen LogP contribution is -2.41. The molecule has 0 aliphatic carbocycles. The van der Waals surface area contributed by atoms with Gasteiger partial charge in [0.05, 0.1) is 11.4 Å². The van der Waals surface area contributed by atoms with Gasteiger partial charge in [-0.05, 0) is 37.3 Å². The molecule has 2 heterocycles. The summed E-state index contributed by atoms with van der Waals surface area (Å²) in [7, 11) is 2.03. The summed E-state index contributed by atoms with van der Waals surface area (Å²) in [5, 5.41) is 10.3. The van der Waals surface area contributed by atoms with Gasteiger partial charge in [0.25, 0.3) is 0 Å². The Labute approximate surface area is 197 Å². The predicted octanol–water partition coefficient (Wildman–Crippen LogP) is 5.33. The van der Waals surface area contributed by atoms with Crippen LogP contribution in [0.2, 0.25) is 0 Å². The Balaban J connectivity index is 0.00000129. The summed E-state index contributed by atoms with van der Waals surface area (Å²) in [4.78, 5) is 11.3. The Kier molecular flexibility index (Phi) is 11.1. The Hall–Kier alpha value is -3.93. The molecule has 1 aliphatic heterocycles. The number of fused-ring (bicyclic) bond motifs is 1. The number of rotatable bonds is 7. The molecule has 33 heavy (non-hydrogen) atoms. The van der Waals surface area contributed by atoms with Crippen molar-refractivity contribution in [2.75, 3.05) is 0 Å². The van der Waals surface area contributed by atoms with E-state index in [-0.39, 0.29) is 12.1 Å². The van der Waals surface area contributed by atoms with E-state index in [1.54, 1.807) is 12.2 Å². The molecule has 0 saturated heterocycles. The molecular weight excluding hydrogens is 412 g/mol. The number of carbonyl (C=O) groups excluding carboxylic acids is 1. The number of dihydropyridines is 1. The maximum atomic E-state index is 11.3. The van der Waals surface area contributed by atoms with Crippen molar-refractivity contribution in [2.45, 2.75) is 33.9 Å². The summed E-state index contributed by atoms with van der Waals surface area (Å²) in [6, 6.07) is 6.13. The predicted molar refractivity (Wildman–Crippen MR) is 139 cm³/mol. The maximum Gasteiger partial charge on any atom is 0.221 e. The average molecular weight is 449 g/mol. The van der Waals surface area contributed by atoms with Gasteiger partial charge in [-0.3, -0.25) is 4.79 Å². The molecule has 0 fully saturated rings. The van der Waals surface area contributed by atoms with Crippen molar-refractivity contribution < 1.29 is 9.53 Å². The summed E-state index contributed by atoms with van der Waals surface area (Å²) < 4.78 is 8.24. The maximum absolute atomic E-state index is 11.3. The van der Waals surface area contributed by atoms with Crippen LogP contribution in [-0.2, 0) is 11.8 Å². The highest BCUT2D eigenvalue weighted by atomic mass is 16.5. The highest BCUT2D eigenvalue weighted by Gasteiger charge is 2.14. The van der Waals surface area contributed by atoms with Crippen molar-refractivity contribution in [3.8, 4) is 5.75 Å². The zero-order valence-corrected chi connectivity index (χ0v) is 20.4. The SMILES string of the molecule is C=C.C=C/C=C(/NC1C=C(Oc2ccc3c(ccn3C)c2C)C=CN1)C(=C)NC(C)=O.CC. The molecule has 1 amide bonds. The standard InChI is InChI=1S/C23H26N4O2.C2H6.C2H4/c1-6-7-20(16(3)25-17(4)28)26-23-14-18(10-12-24-23)29-22-9-8-21-19(15(22)2)11-13-27(21)5;2*1-2/h6-14,23-24,26H,1,3H2,2,4-5H3,(H,25,28);1-2H3;1-2H2/b20-7+;;. The summed E-state index contributed by atoms with van der Waals surface area (Å²) in [6.45, 7) is 21.1. The molecule has 1 unspecified atom stereocenters. The van der Waals surface area contributed by atoms with Crippen LogP contribution in [0.3, 0.4) is 0 Å². The lowest BCUT2D eigenvalue weighted by atomic mass is 10.1. The van der Waals surface area contributed by atoms with Gasteiger partial charge in [-0.1, -0.05) is 33.1 Å². The van der Waals surface area contributed by atoms with Crippen LogP contribution in [0.25, 0.3) is 10.9 Å². The molecule has 1 aromatic carbocycles. The van der Waals surface area contributed by atoms with Crippen LogP contribution in [0.15, 0.2) is 98.4 Å². The number of hydrogen-bond donors (Lipinski definition) is 3. The van der Waals surface area contributed by atoms with Crippen molar-refractivity contribution >= 4 is 16.8 Å². The van der Waals surface area contributed by atoms with Crippen molar-refractivity contribution in [3.63, 3.8) is 0 Å². The minimum absolute atomic E-state index is 0.186. The summed E-state index contributed by atoms with van der Waals surface area (Å²) in [5.74, 6) is 1.34. The van der Waals surface area contributed by atoms with Gasteiger partial charge < -0.3 is 25.3 Å². The summed E-state index contributed by atoms with van der Waals surface area (Å²) in [5.41, 5.74) is 3.38. The minimum Gasteiger partial charge on any atom is -0.457 e. The fourth-order valence-electron chi connectivity index (χ4n) is 3.17. The highest BCUT2D eigenvalue weighted by molar-refractivity contribution is 5.85.